The standard InChI is InChI=1S/C72H114O/c1-13-19-25-31-40-57-43-37-49-66(61(57)46-34-28-22-16-4)70(7,8)54-60-52-53-69(73)65(56-72(11,12)68-51-39-45-59(42-33-27-21-15-3)63(68)48-36-30-24-18-6)64(60)55-71(9,10)67-50-38-44-58(41-32-26-20-14-2)62(67)47-35-29-23-17-5/h37-39,43-45,49-53,73H,13-36,40-42,46-48,54-56H2,1-12H3. The maximum atomic E-state index is 12.5. The van der Waals surface area contributed by atoms with E-state index in [2.05, 4.69) is 150 Å². The first-order chi connectivity index (χ1) is 35.2. The van der Waals surface area contributed by atoms with Crippen molar-refractivity contribution in [2.24, 2.45) is 0 Å². The first-order valence-corrected chi connectivity index (χ1v) is 31.4. The summed E-state index contributed by atoms with van der Waals surface area (Å²) in [6.45, 7) is 29.1. The average molecular weight is 996 g/mol. The van der Waals surface area contributed by atoms with Crippen molar-refractivity contribution >= 4 is 0 Å². The molecule has 1 heteroatoms. The number of benzene rings is 4. The Hall–Kier alpha value is -3.32. The second-order valence-corrected chi connectivity index (χ2v) is 25.1. The Morgan fingerprint density at radius 2 is 0.562 bits per heavy atom. The minimum atomic E-state index is -0.176. The fourth-order valence-corrected chi connectivity index (χ4v) is 12.8. The Morgan fingerprint density at radius 1 is 0.274 bits per heavy atom. The average Bonchev–Trinajstić information content (AvgIpc) is 3.37. The highest BCUT2D eigenvalue weighted by Gasteiger charge is 2.34. The lowest BCUT2D eigenvalue weighted by atomic mass is 9.68. The number of aromatic hydroxyl groups is 1. The highest BCUT2D eigenvalue weighted by Crippen LogP contribution is 2.44. The molecule has 0 aliphatic carbocycles. The minimum absolute atomic E-state index is 0.0945. The van der Waals surface area contributed by atoms with Crippen molar-refractivity contribution in [1.29, 1.82) is 0 Å². The summed E-state index contributed by atoms with van der Waals surface area (Å²) >= 11 is 0. The SMILES string of the molecule is CCCCCCc1cccc(C(C)(C)Cc2ccc(O)c(CC(C)(C)c3cccc(CCCCCC)c3CCCCCC)c2CC(C)(C)c2cccc(CCCCCC)c2CCCCCC)c1CCCCCC. The molecule has 4 rings (SSSR count). The number of phenolic OH excluding ortho intramolecular Hbond substituents is 1. The van der Waals surface area contributed by atoms with Gasteiger partial charge in [-0.2, -0.15) is 0 Å². The van der Waals surface area contributed by atoms with Gasteiger partial charge in [0.05, 0.1) is 0 Å². The van der Waals surface area contributed by atoms with Crippen LogP contribution in [0.25, 0.3) is 0 Å². The summed E-state index contributed by atoms with van der Waals surface area (Å²) < 4.78 is 0. The monoisotopic (exact) mass is 995 g/mol. The van der Waals surface area contributed by atoms with Crippen molar-refractivity contribution in [2.45, 2.75) is 311 Å². The predicted molar refractivity (Wildman–Crippen MR) is 325 cm³/mol. The van der Waals surface area contributed by atoms with E-state index >= 15 is 0 Å². The van der Waals surface area contributed by atoms with Gasteiger partial charge in [0.25, 0.3) is 0 Å². The highest BCUT2D eigenvalue weighted by molar-refractivity contribution is 5.52. The molecule has 0 radical (unpaired) electrons. The van der Waals surface area contributed by atoms with Crippen LogP contribution in [0.2, 0.25) is 0 Å². The fraction of sp³-hybridized carbons (Fsp3) is 0.667. The lowest BCUT2D eigenvalue weighted by Gasteiger charge is -2.36. The largest absolute Gasteiger partial charge is 0.508 e. The number of phenols is 1. The quantitative estimate of drug-likeness (QED) is 0.0442. The Kier molecular flexibility index (Phi) is 28.1. The second kappa shape index (κ2) is 33.0. The molecule has 73 heavy (non-hydrogen) atoms. The summed E-state index contributed by atoms with van der Waals surface area (Å²) in [5.41, 5.74) is 17.8. The number of hydrogen-bond donors (Lipinski definition) is 1. The van der Waals surface area contributed by atoms with Crippen LogP contribution < -0.4 is 0 Å². The number of rotatable bonds is 39. The van der Waals surface area contributed by atoms with Gasteiger partial charge in [-0.3, -0.25) is 0 Å². The van der Waals surface area contributed by atoms with Gasteiger partial charge in [0.15, 0.2) is 0 Å². The molecule has 0 saturated carbocycles. The maximum absolute atomic E-state index is 12.5. The van der Waals surface area contributed by atoms with Crippen molar-refractivity contribution in [3.63, 3.8) is 0 Å². The van der Waals surface area contributed by atoms with Gasteiger partial charge >= 0.3 is 0 Å². The third kappa shape index (κ3) is 19.6. The van der Waals surface area contributed by atoms with Gasteiger partial charge in [-0.15, -0.1) is 0 Å². The van der Waals surface area contributed by atoms with Crippen molar-refractivity contribution in [2.75, 3.05) is 0 Å². The van der Waals surface area contributed by atoms with E-state index in [4.69, 9.17) is 0 Å². The zero-order valence-electron chi connectivity index (χ0n) is 50.1. The Morgan fingerprint density at radius 3 is 0.877 bits per heavy atom. The van der Waals surface area contributed by atoms with Crippen LogP contribution in [-0.4, -0.2) is 5.11 Å². The molecular formula is C72H114O. The summed E-state index contributed by atoms with van der Waals surface area (Å²) in [6, 6.07) is 26.4. The Labute approximate surface area is 453 Å². The molecule has 0 aromatic heterocycles. The van der Waals surface area contributed by atoms with E-state index in [9.17, 15) is 5.11 Å². The number of unbranched alkanes of at least 4 members (excludes halogenated alkanes) is 18. The van der Waals surface area contributed by atoms with E-state index in [0.29, 0.717) is 5.75 Å². The van der Waals surface area contributed by atoms with Crippen LogP contribution in [0.3, 0.4) is 0 Å². The first kappa shape index (κ1) is 62.2. The molecule has 0 aliphatic rings. The van der Waals surface area contributed by atoms with E-state index in [1.54, 1.807) is 38.9 Å². The maximum Gasteiger partial charge on any atom is 0.119 e. The van der Waals surface area contributed by atoms with Gasteiger partial charge in [-0.1, -0.05) is 259 Å². The van der Waals surface area contributed by atoms with Gasteiger partial charge in [-0.05, 0) is 185 Å². The molecule has 0 heterocycles. The zero-order valence-corrected chi connectivity index (χ0v) is 50.1. The van der Waals surface area contributed by atoms with Crippen LogP contribution in [-0.2, 0) is 74.0 Å². The van der Waals surface area contributed by atoms with Crippen LogP contribution in [0.1, 0.15) is 304 Å². The summed E-state index contributed by atoms with van der Waals surface area (Å²) in [5, 5.41) is 12.5. The van der Waals surface area contributed by atoms with Crippen molar-refractivity contribution in [3.8, 4) is 5.75 Å². The van der Waals surface area contributed by atoms with Gasteiger partial charge in [0.1, 0.15) is 5.75 Å². The minimum Gasteiger partial charge on any atom is -0.508 e. The molecule has 0 spiro atoms. The molecule has 0 saturated heterocycles. The van der Waals surface area contributed by atoms with Gasteiger partial charge in [0, 0.05) is 0 Å². The lowest BCUT2D eigenvalue weighted by Crippen LogP contribution is -2.29. The molecule has 4 aromatic rings. The van der Waals surface area contributed by atoms with Gasteiger partial charge < -0.3 is 5.11 Å². The summed E-state index contributed by atoms with van der Waals surface area (Å²) in [5.74, 6) is 0.482. The van der Waals surface area contributed by atoms with Crippen LogP contribution in [0.4, 0.5) is 0 Å². The fourth-order valence-electron chi connectivity index (χ4n) is 12.8. The van der Waals surface area contributed by atoms with E-state index in [1.165, 1.54) is 208 Å². The van der Waals surface area contributed by atoms with E-state index in [1.807, 2.05) is 0 Å². The normalized spacial score (nSPS) is 12.3. The molecule has 0 unspecified atom stereocenters. The third-order valence-electron chi connectivity index (χ3n) is 17.1. The molecule has 4 aromatic carbocycles. The van der Waals surface area contributed by atoms with Gasteiger partial charge in [0.2, 0.25) is 0 Å². The molecule has 0 amide bonds. The summed E-state index contributed by atoms with van der Waals surface area (Å²) in [7, 11) is 0. The molecule has 0 fully saturated rings. The molecule has 0 atom stereocenters. The number of hydrogen-bond acceptors (Lipinski definition) is 1. The molecular weight excluding hydrogens is 881 g/mol. The molecule has 408 valence electrons. The van der Waals surface area contributed by atoms with Crippen molar-refractivity contribution in [1.82, 2.24) is 0 Å². The smallest absolute Gasteiger partial charge is 0.119 e. The van der Waals surface area contributed by atoms with E-state index in [0.717, 1.165) is 32.1 Å². The Balaban J connectivity index is 1.94. The summed E-state index contributed by atoms with van der Waals surface area (Å²) in [6.07, 6.45) is 40.6. The van der Waals surface area contributed by atoms with Crippen LogP contribution in [0.5, 0.6) is 5.75 Å². The highest BCUT2D eigenvalue weighted by atomic mass is 16.3. The van der Waals surface area contributed by atoms with E-state index in [-0.39, 0.29) is 16.2 Å². The van der Waals surface area contributed by atoms with Crippen molar-refractivity contribution in [3.05, 3.63) is 133 Å². The summed E-state index contributed by atoms with van der Waals surface area (Å²) in [4.78, 5) is 0. The van der Waals surface area contributed by atoms with Crippen LogP contribution in [0.15, 0.2) is 66.7 Å². The molecule has 0 aliphatic heterocycles. The Bertz CT molecular complexity index is 2140. The third-order valence-corrected chi connectivity index (χ3v) is 17.1. The molecule has 1 N–H and O–H groups in total. The second-order valence-electron chi connectivity index (χ2n) is 25.1. The van der Waals surface area contributed by atoms with Crippen LogP contribution >= 0.6 is 0 Å². The zero-order chi connectivity index (χ0) is 53.1. The van der Waals surface area contributed by atoms with Gasteiger partial charge in [-0.25, -0.2) is 0 Å². The lowest BCUT2D eigenvalue weighted by molar-refractivity contribution is 0.437. The first-order valence-electron chi connectivity index (χ1n) is 31.4. The topological polar surface area (TPSA) is 20.2 Å². The number of aryl methyl sites for hydroxylation is 3. The van der Waals surface area contributed by atoms with Crippen LogP contribution in [0, 0.1) is 0 Å². The predicted octanol–water partition coefficient (Wildman–Crippen LogP) is 21.7. The van der Waals surface area contributed by atoms with E-state index < -0.39 is 0 Å². The van der Waals surface area contributed by atoms with Crippen molar-refractivity contribution < 1.29 is 5.11 Å². The molecule has 0 bridgehead atoms. The molecule has 1 nitrogen and oxygen atoms in total.